The number of carbonyl (C=O) groups is 1. The third-order valence-corrected chi connectivity index (χ3v) is 4.04. The smallest absolute Gasteiger partial charge is 0.336 e. The predicted molar refractivity (Wildman–Crippen MR) is 75.6 cm³/mol. The number of rotatable bonds is 4. The molecule has 0 amide bonds. The van der Waals surface area contributed by atoms with Crippen LogP contribution in [0.5, 0.6) is 0 Å². The van der Waals surface area contributed by atoms with E-state index in [1.165, 1.54) is 18.2 Å². The number of aromatic carboxylic acids is 1. The van der Waals surface area contributed by atoms with E-state index in [1.807, 2.05) is 0 Å². The van der Waals surface area contributed by atoms with Crippen molar-refractivity contribution in [3.8, 4) is 0 Å². The van der Waals surface area contributed by atoms with Crippen LogP contribution in [-0.2, 0) is 0 Å². The average Bonchev–Trinajstić information content (AvgIpc) is 2.41. The van der Waals surface area contributed by atoms with Crippen LogP contribution in [-0.4, -0.2) is 16.0 Å². The van der Waals surface area contributed by atoms with Crippen LogP contribution in [0, 0.1) is 10.1 Å². The van der Waals surface area contributed by atoms with Crippen LogP contribution in [0.4, 0.5) is 5.69 Å². The van der Waals surface area contributed by atoms with Gasteiger partial charge >= 0.3 is 5.97 Å². The van der Waals surface area contributed by atoms with Crippen molar-refractivity contribution in [2.45, 2.75) is 9.79 Å². The van der Waals surface area contributed by atoms with E-state index in [-0.39, 0.29) is 16.1 Å². The van der Waals surface area contributed by atoms with Gasteiger partial charge in [0, 0.05) is 21.9 Å². The van der Waals surface area contributed by atoms with Crippen molar-refractivity contribution in [2.24, 2.45) is 0 Å². The molecule has 0 aliphatic carbocycles. The Labute approximate surface area is 123 Å². The SMILES string of the molecule is O=C(O)c1ccc([N+](=O)[O-])cc1Sc1ccccc1Cl. The molecule has 0 aliphatic rings. The van der Waals surface area contributed by atoms with Gasteiger partial charge in [0.25, 0.3) is 5.69 Å². The average molecular weight is 310 g/mol. The van der Waals surface area contributed by atoms with Crippen molar-refractivity contribution < 1.29 is 14.8 Å². The van der Waals surface area contributed by atoms with E-state index in [0.717, 1.165) is 11.8 Å². The first-order valence-corrected chi connectivity index (χ1v) is 6.62. The highest BCUT2D eigenvalue weighted by atomic mass is 35.5. The van der Waals surface area contributed by atoms with E-state index >= 15 is 0 Å². The van der Waals surface area contributed by atoms with Crippen LogP contribution in [0.15, 0.2) is 52.3 Å². The zero-order chi connectivity index (χ0) is 14.7. The molecule has 2 rings (SSSR count). The number of hydrogen-bond acceptors (Lipinski definition) is 4. The van der Waals surface area contributed by atoms with Gasteiger partial charge in [-0.1, -0.05) is 35.5 Å². The van der Waals surface area contributed by atoms with Gasteiger partial charge in [-0.15, -0.1) is 0 Å². The maximum absolute atomic E-state index is 11.2. The molecule has 0 aromatic heterocycles. The summed E-state index contributed by atoms with van der Waals surface area (Å²) < 4.78 is 0. The minimum absolute atomic E-state index is 0.000481. The third kappa shape index (κ3) is 3.09. The van der Waals surface area contributed by atoms with E-state index < -0.39 is 10.9 Å². The second-order valence-electron chi connectivity index (χ2n) is 3.78. The summed E-state index contributed by atoms with van der Waals surface area (Å²) in [5.74, 6) is -1.14. The van der Waals surface area contributed by atoms with Crippen LogP contribution < -0.4 is 0 Å². The summed E-state index contributed by atoms with van der Waals surface area (Å²) in [6.45, 7) is 0. The first-order chi connectivity index (χ1) is 9.49. The summed E-state index contributed by atoms with van der Waals surface area (Å²) in [6, 6.07) is 10.5. The second kappa shape index (κ2) is 5.94. The van der Waals surface area contributed by atoms with Crippen LogP contribution in [0.2, 0.25) is 5.02 Å². The Hall–Kier alpha value is -2.05. The number of nitrogens with zero attached hydrogens (tertiary/aromatic N) is 1. The molecule has 1 N–H and O–H groups in total. The molecule has 7 heteroatoms. The lowest BCUT2D eigenvalue weighted by atomic mass is 10.2. The fourth-order valence-electron chi connectivity index (χ4n) is 1.53. The lowest BCUT2D eigenvalue weighted by Gasteiger charge is -2.07. The van der Waals surface area contributed by atoms with E-state index in [0.29, 0.717) is 9.92 Å². The van der Waals surface area contributed by atoms with Crippen molar-refractivity contribution >= 4 is 35.0 Å². The highest BCUT2D eigenvalue weighted by Crippen LogP contribution is 2.36. The molecule has 0 atom stereocenters. The fourth-order valence-corrected chi connectivity index (χ4v) is 2.78. The normalized spacial score (nSPS) is 10.2. The van der Waals surface area contributed by atoms with Gasteiger partial charge in [0.2, 0.25) is 0 Å². The number of non-ortho nitro benzene ring substituents is 1. The summed E-state index contributed by atoms with van der Waals surface area (Å²) in [6.07, 6.45) is 0. The molecule has 0 radical (unpaired) electrons. The Morgan fingerprint density at radius 2 is 1.90 bits per heavy atom. The summed E-state index contributed by atoms with van der Waals surface area (Å²) in [7, 11) is 0. The number of carboxylic acid groups (broad SMARTS) is 1. The molecule has 0 heterocycles. The summed E-state index contributed by atoms with van der Waals surface area (Å²) in [5, 5.41) is 20.4. The number of carboxylic acids is 1. The number of benzene rings is 2. The zero-order valence-corrected chi connectivity index (χ0v) is 11.5. The van der Waals surface area contributed by atoms with Gasteiger partial charge < -0.3 is 5.11 Å². The molecule has 0 aliphatic heterocycles. The summed E-state index contributed by atoms with van der Waals surface area (Å²) in [5.41, 5.74) is -0.162. The van der Waals surface area contributed by atoms with Crippen LogP contribution in [0.25, 0.3) is 0 Å². The molecule has 0 saturated heterocycles. The Balaban J connectivity index is 2.48. The Kier molecular flexibility index (Phi) is 4.26. The van der Waals surface area contributed by atoms with Crippen molar-refractivity contribution in [1.82, 2.24) is 0 Å². The fraction of sp³-hybridized carbons (Fsp3) is 0. The zero-order valence-electron chi connectivity index (χ0n) is 9.95. The molecular weight excluding hydrogens is 302 g/mol. The molecule has 0 saturated carbocycles. The van der Waals surface area contributed by atoms with Crippen molar-refractivity contribution in [3.05, 3.63) is 63.2 Å². The quantitative estimate of drug-likeness (QED) is 0.679. The van der Waals surface area contributed by atoms with Crippen LogP contribution in [0.3, 0.4) is 0 Å². The van der Waals surface area contributed by atoms with E-state index in [1.54, 1.807) is 24.3 Å². The van der Waals surface area contributed by atoms with Crippen LogP contribution >= 0.6 is 23.4 Å². The topological polar surface area (TPSA) is 80.4 Å². The number of nitro benzene ring substituents is 1. The lowest BCUT2D eigenvalue weighted by molar-refractivity contribution is -0.385. The maximum atomic E-state index is 11.2. The third-order valence-electron chi connectivity index (χ3n) is 2.46. The highest BCUT2D eigenvalue weighted by Gasteiger charge is 2.17. The molecule has 5 nitrogen and oxygen atoms in total. The molecule has 2 aromatic carbocycles. The Morgan fingerprint density at radius 1 is 1.20 bits per heavy atom. The minimum atomic E-state index is -1.14. The van der Waals surface area contributed by atoms with Gasteiger partial charge in [0.05, 0.1) is 15.5 Å². The first kappa shape index (κ1) is 14.4. The largest absolute Gasteiger partial charge is 0.478 e. The van der Waals surface area contributed by atoms with E-state index in [4.69, 9.17) is 16.7 Å². The first-order valence-electron chi connectivity index (χ1n) is 5.43. The second-order valence-corrected chi connectivity index (χ2v) is 5.27. The van der Waals surface area contributed by atoms with Gasteiger partial charge in [-0.05, 0) is 18.2 Å². The number of nitro groups is 1. The monoisotopic (exact) mass is 309 g/mol. The van der Waals surface area contributed by atoms with Crippen molar-refractivity contribution in [1.29, 1.82) is 0 Å². The summed E-state index contributed by atoms with van der Waals surface area (Å²) >= 11 is 7.09. The van der Waals surface area contributed by atoms with Gasteiger partial charge in [-0.25, -0.2) is 4.79 Å². The van der Waals surface area contributed by atoms with E-state index in [9.17, 15) is 14.9 Å². The molecule has 0 fully saturated rings. The number of hydrogen-bond donors (Lipinski definition) is 1. The molecule has 0 spiro atoms. The van der Waals surface area contributed by atoms with Crippen molar-refractivity contribution in [2.75, 3.05) is 0 Å². The van der Waals surface area contributed by atoms with Gasteiger partial charge in [-0.3, -0.25) is 10.1 Å². The number of halogens is 1. The Bertz CT molecular complexity index is 690. The van der Waals surface area contributed by atoms with Crippen molar-refractivity contribution in [3.63, 3.8) is 0 Å². The van der Waals surface area contributed by atoms with E-state index in [2.05, 4.69) is 0 Å². The maximum Gasteiger partial charge on any atom is 0.336 e. The molecule has 102 valence electrons. The lowest BCUT2D eigenvalue weighted by Crippen LogP contribution is -2.00. The molecule has 20 heavy (non-hydrogen) atoms. The van der Waals surface area contributed by atoms with Crippen LogP contribution in [0.1, 0.15) is 10.4 Å². The predicted octanol–water partition coefficient (Wildman–Crippen LogP) is 4.10. The highest BCUT2D eigenvalue weighted by molar-refractivity contribution is 7.99. The standard InChI is InChI=1S/C13H8ClNO4S/c14-10-3-1-2-4-11(10)20-12-7-8(15(18)19)5-6-9(12)13(16)17/h1-7H,(H,16,17). The minimum Gasteiger partial charge on any atom is -0.478 e. The molecule has 0 unspecified atom stereocenters. The molecule has 0 bridgehead atoms. The van der Waals surface area contributed by atoms with Gasteiger partial charge in [0.15, 0.2) is 0 Å². The van der Waals surface area contributed by atoms with Gasteiger partial charge in [0.1, 0.15) is 0 Å². The molecular formula is C13H8ClNO4S. The Morgan fingerprint density at radius 3 is 2.50 bits per heavy atom. The summed E-state index contributed by atoms with van der Waals surface area (Å²) in [4.78, 5) is 22.3. The molecule has 2 aromatic rings. The van der Waals surface area contributed by atoms with Gasteiger partial charge in [-0.2, -0.15) is 0 Å².